The molecule has 0 nitrogen and oxygen atoms in total. The first kappa shape index (κ1) is 11.1. The van der Waals surface area contributed by atoms with Gasteiger partial charge in [0.1, 0.15) is 0 Å². The Bertz CT molecular complexity index is 737. The zero-order valence-electron chi connectivity index (χ0n) is 11.9. The summed E-state index contributed by atoms with van der Waals surface area (Å²) in [7, 11) is 0. The summed E-state index contributed by atoms with van der Waals surface area (Å²) in [5, 5.41) is 2.84. The monoisotopic (exact) mass is 260 g/mol. The van der Waals surface area contributed by atoms with E-state index in [2.05, 4.69) is 42.5 Å². The highest BCUT2D eigenvalue weighted by Gasteiger charge is 2.48. The average Bonchev–Trinajstić information content (AvgIpc) is 3.06. The average molecular weight is 260 g/mol. The van der Waals surface area contributed by atoms with Gasteiger partial charge in [-0.3, -0.25) is 0 Å². The smallest absolute Gasteiger partial charge is 0.0181 e. The second-order valence-electron chi connectivity index (χ2n) is 7.18. The van der Waals surface area contributed by atoms with Crippen molar-refractivity contribution in [3.63, 3.8) is 0 Å². The van der Waals surface area contributed by atoms with Crippen LogP contribution in [-0.2, 0) is 12.8 Å². The normalized spacial score (nSPS) is 30.8. The number of benzene rings is 2. The molecule has 5 rings (SSSR count). The van der Waals surface area contributed by atoms with E-state index in [0.29, 0.717) is 5.41 Å². The van der Waals surface area contributed by atoms with Crippen LogP contribution in [0.3, 0.4) is 0 Å². The Kier molecular flexibility index (Phi) is 2.09. The van der Waals surface area contributed by atoms with Crippen molar-refractivity contribution in [2.24, 2.45) is 11.3 Å². The van der Waals surface area contributed by atoms with Crippen LogP contribution < -0.4 is 0 Å². The van der Waals surface area contributed by atoms with Crippen molar-refractivity contribution in [1.82, 2.24) is 0 Å². The van der Waals surface area contributed by atoms with Gasteiger partial charge in [-0.1, -0.05) is 48.0 Å². The third kappa shape index (κ3) is 1.43. The fourth-order valence-corrected chi connectivity index (χ4v) is 5.08. The predicted molar refractivity (Wildman–Crippen MR) is 83.8 cm³/mol. The van der Waals surface area contributed by atoms with Crippen LogP contribution >= 0.6 is 0 Å². The lowest BCUT2D eigenvalue weighted by Gasteiger charge is -2.40. The Morgan fingerprint density at radius 2 is 1.75 bits per heavy atom. The SMILES string of the molecule is C1=C2CC(C1)C1(CCc3cc4ccccc4cc3C1)C2. The van der Waals surface area contributed by atoms with Crippen LogP contribution in [0, 0.1) is 11.3 Å². The third-order valence-electron chi connectivity index (χ3n) is 6.15. The number of rotatable bonds is 0. The molecule has 0 radical (unpaired) electrons. The molecule has 0 N–H and O–H groups in total. The third-order valence-corrected chi connectivity index (χ3v) is 6.15. The molecule has 0 heterocycles. The first-order valence-corrected chi connectivity index (χ1v) is 8.01. The molecule has 0 heteroatoms. The van der Waals surface area contributed by atoms with E-state index in [-0.39, 0.29) is 0 Å². The summed E-state index contributed by atoms with van der Waals surface area (Å²) in [6.45, 7) is 0. The van der Waals surface area contributed by atoms with E-state index in [1.165, 1.54) is 49.3 Å². The first-order chi connectivity index (χ1) is 9.82. The van der Waals surface area contributed by atoms with Gasteiger partial charge in [-0.05, 0) is 71.8 Å². The molecule has 2 bridgehead atoms. The van der Waals surface area contributed by atoms with Gasteiger partial charge < -0.3 is 0 Å². The summed E-state index contributed by atoms with van der Waals surface area (Å²) in [5.74, 6) is 0.956. The summed E-state index contributed by atoms with van der Waals surface area (Å²) >= 11 is 0. The molecule has 0 aromatic heterocycles. The quantitative estimate of drug-likeness (QED) is 0.581. The van der Waals surface area contributed by atoms with Crippen LogP contribution in [0.4, 0.5) is 0 Å². The van der Waals surface area contributed by atoms with E-state index in [1.54, 1.807) is 16.7 Å². The van der Waals surface area contributed by atoms with Gasteiger partial charge >= 0.3 is 0 Å². The molecule has 3 aliphatic carbocycles. The largest absolute Gasteiger partial charge is 0.0850 e. The van der Waals surface area contributed by atoms with E-state index < -0.39 is 0 Å². The van der Waals surface area contributed by atoms with Crippen LogP contribution in [0.25, 0.3) is 10.8 Å². The number of allylic oxidation sites excluding steroid dienone is 2. The van der Waals surface area contributed by atoms with E-state index in [9.17, 15) is 0 Å². The number of hydrogen-bond donors (Lipinski definition) is 0. The van der Waals surface area contributed by atoms with Crippen molar-refractivity contribution in [1.29, 1.82) is 0 Å². The summed E-state index contributed by atoms with van der Waals surface area (Å²) < 4.78 is 0. The molecule has 0 amide bonds. The maximum Gasteiger partial charge on any atom is -0.0181 e. The topological polar surface area (TPSA) is 0 Å². The van der Waals surface area contributed by atoms with E-state index >= 15 is 0 Å². The van der Waals surface area contributed by atoms with Crippen LogP contribution in [0.5, 0.6) is 0 Å². The van der Waals surface area contributed by atoms with E-state index in [1.807, 2.05) is 0 Å². The van der Waals surface area contributed by atoms with Gasteiger partial charge in [0.05, 0.1) is 0 Å². The summed E-state index contributed by atoms with van der Waals surface area (Å²) in [5.41, 5.74) is 5.65. The first-order valence-electron chi connectivity index (χ1n) is 8.01. The van der Waals surface area contributed by atoms with Crippen LogP contribution in [0.1, 0.15) is 36.8 Å². The van der Waals surface area contributed by atoms with Gasteiger partial charge in [0.25, 0.3) is 0 Å². The van der Waals surface area contributed by atoms with Crippen LogP contribution in [-0.4, -0.2) is 0 Å². The van der Waals surface area contributed by atoms with Crippen LogP contribution in [0.15, 0.2) is 48.0 Å². The molecule has 20 heavy (non-hydrogen) atoms. The Morgan fingerprint density at radius 3 is 2.45 bits per heavy atom. The Balaban J connectivity index is 1.61. The molecule has 0 aliphatic heterocycles. The Labute approximate surface area is 120 Å². The second-order valence-corrected chi connectivity index (χ2v) is 7.18. The summed E-state index contributed by atoms with van der Waals surface area (Å²) in [6.07, 6.45) is 10.7. The highest BCUT2D eigenvalue weighted by atomic mass is 14.5. The maximum atomic E-state index is 2.52. The van der Waals surface area contributed by atoms with Gasteiger partial charge in [0.2, 0.25) is 0 Å². The lowest BCUT2D eigenvalue weighted by molar-refractivity contribution is 0.169. The van der Waals surface area contributed by atoms with Crippen molar-refractivity contribution < 1.29 is 0 Å². The van der Waals surface area contributed by atoms with Crippen molar-refractivity contribution in [3.05, 3.63) is 59.2 Å². The maximum absolute atomic E-state index is 2.52. The number of hydrogen-bond acceptors (Lipinski definition) is 0. The van der Waals surface area contributed by atoms with Crippen LogP contribution in [0.2, 0.25) is 0 Å². The minimum Gasteiger partial charge on any atom is -0.0850 e. The molecule has 1 fully saturated rings. The minimum absolute atomic E-state index is 0.625. The van der Waals surface area contributed by atoms with Gasteiger partial charge in [0.15, 0.2) is 0 Å². The molecule has 2 unspecified atom stereocenters. The molecule has 1 spiro atoms. The minimum atomic E-state index is 0.625. The van der Waals surface area contributed by atoms with Gasteiger partial charge in [-0.25, -0.2) is 0 Å². The predicted octanol–water partition coefficient (Wildman–Crippen LogP) is 5.06. The van der Waals surface area contributed by atoms with E-state index in [4.69, 9.17) is 0 Å². The summed E-state index contributed by atoms with van der Waals surface area (Å²) in [4.78, 5) is 0. The molecular weight excluding hydrogens is 240 g/mol. The van der Waals surface area contributed by atoms with Gasteiger partial charge in [-0.15, -0.1) is 0 Å². The number of fused-ring (bicyclic) bond motifs is 5. The second kappa shape index (κ2) is 3.75. The Hall–Kier alpha value is -1.56. The molecule has 3 aliphatic rings. The standard InChI is InChI=1S/C20H20/c1-2-4-16-11-18-13-20(12-14-5-6-19(20)9-14)8-7-17(18)10-15(16)3-1/h1-5,10-11,19H,6-9,12-13H2. The molecule has 2 atom stereocenters. The summed E-state index contributed by atoms with van der Waals surface area (Å²) in [6, 6.07) is 13.8. The van der Waals surface area contributed by atoms with Crippen molar-refractivity contribution in [2.75, 3.05) is 0 Å². The molecule has 2 aromatic rings. The molecule has 100 valence electrons. The molecule has 0 saturated heterocycles. The van der Waals surface area contributed by atoms with Crippen molar-refractivity contribution >= 4 is 10.8 Å². The number of aryl methyl sites for hydroxylation is 1. The lowest BCUT2D eigenvalue weighted by Crippen LogP contribution is -2.33. The highest BCUT2D eigenvalue weighted by Crippen LogP contribution is 2.58. The van der Waals surface area contributed by atoms with E-state index in [0.717, 1.165) is 5.92 Å². The lowest BCUT2D eigenvalue weighted by atomic mass is 9.64. The fraction of sp³-hybridized carbons (Fsp3) is 0.400. The van der Waals surface area contributed by atoms with Gasteiger partial charge in [0, 0.05) is 0 Å². The fourth-order valence-electron chi connectivity index (χ4n) is 5.08. The van der Waals surface area contributed by atoms with Crippen molar-refractivity contribution in [2.45, 2.75) is 38.5 Å². The highest BCUT2D eigenvalue weighted by molar-refractivity contribution is 5.84. The molecule has 2 aromatic carbocycles. The zero-order valence-corrected chi connectivity index (χ0v) is 11.9. The van der Waals surface area contributed by atoms with Crippen molar-refractivity contribution in [3.8, 4) is 0 Å². The Morgan fingerprint density at radius 1 is 0.950 bits per heavy atom. The zero-order chi connectivity index (χ0) is 13.2. The molecular formula is C20H20. The molecule has 1 saturated carbocycles. The van der Waals surface area contributed by atoms with Gasteiger partial charge in [-0.2, -0.15) is 0 Å².